The number of aromatic nitrogens is 3. The average Bonchev–Trinajstić information content (AvgIpc) is 3.04. The number of carbonyl (C=O) groups is 1. The number of halogens is 5. The molecule has 1 aliphatic rings. The molecule has 0 saturated carbocycles. The molecular weight excluding hydrogens is 624 g/mol. The predicted octanol–water partition coefficient (Wildman–Crippen LogP) is 5.11. The Bertz CT molecular complexity index is 1770. The van der Waals surface area contributed by atoms with Crippen molar-refractivity contribution in [1.82, 2.24) is 19.0 Å². The summed E-state index contributed by atoms with van der Waals surface area (Å²) in [7, 11) is 0. The highest BCUT2D eigenvalue weighted by molar-refractivity contribution is 6.42. The molecule has 2 aromatic heterocycles. The molecule has 4 aromatic rings. The minimum Gasteiger partial charge on any atom is -0.482 e. The third-order valence-electron chi connectivity index (χ3n) is 7.38. The van der Waals surface area contributed by atoms with Crippen molar-refractivity contribution < 1.29 is 27.4 Å². The van der Waals surface area contributed by atoms with E-state index in [-0.39, 0.29) is 29.9 Å². The first-order valence-electron chi connectivity index (χ1n) is 13.7. The molecule has 44 heavy (non-hydrogen) atoms. The smallest absolute Gasteiger partial charge is 0.332 e. The van der Waals surface area contributed by atoms with Gasteiger partial charge in [0.15, 0.2) is 17.7 Å². The highest BCUT2D eigenvalue weighted by Gasteiger charge is 2.26. The van der Waals surface area contributed by atoms with Crippen molar-refractivity contribution in [3.05, 3.63) is 96.5 Å². The molecule has 9 nitrogen and oxygen atoms in total. The number of pyridine rings is 1. The molecule has 1 aliphatic heterocycles. The fraction of sp³-hybridized carbons (Fsp3) is 0.333. The largest absolute Gasteiger partial charge is 0.482 e. The van der Waals surface area contributed by atoms with Crippen LogP contribution in [0.5, 0.6) is 11.6 Å². The lowest BCUT2D eigenvalue weighted by Gasteiger charge is -2.31. The minimum atomic E-state index is -1.55. The number of piperidine rings is 1. The van der Waals surface area contributed by atoms with Crippen molar-refractivity contribution in [2.45, 2.75) is 38.1 Å². The molecule has 232 valence electrons. The molecule has 2 aromatic carbocycles. The predicted molar refractivity (Wildman–Crippen MR) is 159 cm³/mol. The quantitative estimate of drug-likeness (QED) is 0.209. The minimum absolute atomic E-state index is 0.0203. The summed E-state index contributed by atoms with van der Waals surface area (Å²) in [4.78, 5) is 44.6. The SMILES string of the molecule is O=CN1CCC(n2c(=O)n(Cc3ccc(OCc4ccc(Cl)c(Cl)c4)nc3)c(=O)c3cc(OC(CF)CF)c(F)cc32)CC1. The maximum Gasteiger partial charge on any atom is 0.332 e. The zero-order chi connectivity index (χ0) is 31.4. The summed E-state index contributed by atoms with van der Waals surface area (Å²) in [5.74, 6) is -1.19. The first-order chi connectivity index (χ1) is 21.2. The van der Waals surface area contributed by atoms with Gasteiger partial charge in [-0.25, -0.2) is 22.9 Å². The van der Waals surface area contributed by atoms with Crippen molar-refractivity contribution in [2.24, 2.45) is 0 Å². The van der Waals surface area contributed by atoms with E-state index in [0.29, 0.717) is 41.5 Å². The zero-order valence-corrected chi connectivity index (χ0v) is 24.7. The molecule has 0 N–H and O–H groups in total. The van der Waals surface area contributed by atoms with Crippen LogP contribution >= 0.6 is 23.2 Å². The van der Waals surface area contributed by atoms with Crippen LogP contribution in [0.3, 0.4) is 0 Å². The maximum absolute atomic E-state index is 15.1. The summed E-state index contributed by atoms with van der Waals surface area (Å²) >= 11 is 12.0. The Hall–Kier alpha value is -4.03. The molecule has 0 spiro atoms. The van der Waals surface area contributed by atoms with Crippen LogP contribution in [0.1, 0.15) is 30.0 Å². The second-order valence-electron chi connectivity index (χ2n) is 10.3. The van der Waals surface area contributed by atoms with E-state index in [1.54, 1.807) is 35.2 Å². The van der Waals surface area contributed by atoms with Gasteiger partial charge in [-0.1, -0.05) is 35.3 Å². The lowest BCUT2D eigenvalue weighted by Crippen LogP contribution is -2.44. The number of carbonyl (C=O) groups excluding carboxylic acids is 1. The van der Waals surface area contributed by atoms with Crippen LogP contribution in [-0.2, 0) is 17.9 Å². The number of amides is 1. The molecule has 0 bridgehead atoms. The molecule has 1 amide bonds. The van der Waals surface area contributed by atoms with Crippen molar-refractivity contribution in [3.63, 3.8) is 0 Å². The van der Waals surface area contributed by atoms with Crippen LogP contribution in [-0.4, -0.2) is 58.0 Å². The van der Waals surface area contributed by atoms with E-state index >= 15 is 4.39 Å². The van der Waals surface area contributed by atoms with Gasteiger partial charge in [-0.15, -0.1) is 0 Å². The molecule has 14 heteroatoms. The van der Waals surface area contributed by atoms with Gasteiger partial charge in [-0.3, -0.25) is 18.7 Å². The Kier molecular flexibility index (Phi) is 9.80. The Balaban J connectivity index is 1.49. The summed E-state index contributed by atoms with van der Waals surface area (Å²) in [6.45, 7) is -1.67. The molecule has 0 unspecified atom stereocenters. The van der Waals surface area contributed by atoms with Gasteiger partial charge in [0, 0.05) is 37.5 Å². The normalized spacial score (nSPS) is 13.9. The van der Waals surface area contributed by atoms with Gasteiger partial charge in [0.1, 0.15) is 20.0 Å². The molecule has 5 rings (SSSR count). The third kappa shape index (κ3) is 6.71. The van der Waals surface area contributed by atoms with Crippen LogP contribution < -0.4 is 20.7 Å². The number of likely N-dealkylation sites (tertiary alicyclic amines) is 1. The molecule has 1 saturated heterocycles. The summed E-state index contributed by atoms with van der Waals surface area (Å²) in [6, 6.07) is 9.92. The van der Waals surface area contributed by atoms with Crippen LogP contribution in [0.25, 0.3) is 10.9 Å². The van der Waals surface area contributed by atoms with E-state index in [2.05, 4.69) is 4.98 Å². The Morgan fingerprint density at radius 1 is 1.00 bits per heavy atom. The van der Waals surface area contributed by atoms with E-state index in [9.17, 15) is 23.2 Å². The molecule has 1 fully saturated rings. The number of rotatable bonds is 11. The van der Waals surface area contributed by atoms with Crippen molar-refractivity contribution in [1.29, 1.82) is 0 Å². The van der Waals surface area contributed by atoms with Crippen molar-refractivity contribution in [2.75, 3.05) is 26.4 Å². The number of fused-ring (bicyclic) bond motifs is 1. The summed E-state index contributed by atoms with van der Waals surface area (Å²) in [5, 5.41) is 0.748. The fourth-order valence-electron chi connectivity index (χ4n) is 5.05. The van der Waals surface area contributed by atoms with E-state index in [1.165, 1.54) is 10.8 Å². The molecule has 0 radical (unpaired) electrons. The lowest BCUT2D eigenvalue weighted by atomic mass is 10.0. The van der Waals surface area contributed by atoms with Gasteiger partial charge in [0.25, 0.3) is 5.56 Å². The van der Waals surface area contributed by atoms with Gasteiger partial charge in [0.05, 0.1) is 27.5 Å². The number of hydrogen-bond donors (Lipinski definition) is 0. The van der Waals surface area contributed by atoms with Crippen LogP contribution in [0, 0.1) is 5.82 Å². The highest BCUT2D eigenvalue weighted by Crippen LogP contribution is 2.29. The van der Waals surface area contributed by atoms with E-state index in [0.717, 1.165) is 28.7 Å². The van der Waals surface area contributed by atoms with Gasteiger partial charge in [-0.2, -0.15) is 0 Å². The standard InChI is InChI=1S/C30H27Cl2F3N4O5/c31-23-3-1-18(9-24(23)32)16-43-28-4-2-19(14-36-28)15-38-29(41)22-10-27(44-21(12-33)13-34)25(35)11-26(22)39(30(38)42)20-5-7-37(17-40)8-6-20/h1-4,9-11,14,17,20-21H,5-8,12-13,15-16H2. The Morgan fingerprint density at radius 3 is 2.36 bits per heavy atom. The van der Waals surface area contributed by atoms with Crippen LogP contribution in [0.2, 0.25) is 10.0 Å². The number of ether oxygens (including phenoxy) is 2. The van der Waals surface area contributed by atoms with E-state index in [4.69, 9.17) is 32.7 Å². The van der Waals surface area contributed by atoms with Crippen molar-refractivity contribution in [3.8, 4) is 11.6 Å². The Morgan fingerprint density at radius 2 is 1.73 bits per heavy atom. The van der Waals surface area contributed by atoms with E-state index < -0.39 is 48.3 Å². The monoisotopic (exact) mass is 650 g/mol. The summed E-state index contributed by atoms with van der Waals surface area (Å²) in [5.41, 5.74) is -0.122. The topological polar surface area (TPSA) is 95.7 Å². The number of alkyl halides is 2. The third-order valence-corrected chi connectivity index (χ3v) is 8.12. The number of benzene rings is 2. The first-order valence-corrected chi connectivity index (χ1v) is 14.5. The number of hydrogen-bond acceptors (Lipinski definition) is 6. The van der Waals surface area contributed by atoms with Crippen LogP contribution in [0.15, 0.2) is 58.3 Å². The van der Waals surface area contributed by atoms with Crippen LogP contribution in [0.4, 0.5) is 13.2 Å². The number of nitrogens with zero attached hydrogens (tertiary/aromatic N) is 4. The summed E-state index contributed by atoms with van der Waals surface area (Å²) in [6.07, 6.45) is 1.41. The van der Waals surface area contributed by atoms with Gasteiger partial charge in [0.2, 0.25) is 12.3 Å². The lowest BCUT2D eigenvalue weighted by molar-refractivity contribution is -0.119. The maximum atomic E-state index is 15.1. The van der Waals surface area contributed by atoms with Gasteiger partial charge >= 0.3 is 5.69 Å². The first kappa shape index (κ1) is 31.4. The molecule has 3 heterocycles. The molecular formula is C30H27Cl2F3N4O5. The molecule has 0 aliphatic carbocycles. The van der Waals surface area contributed by atoms with E-state index in [1.807, 2.05) is 0 Å². The van der Waals surface area contributed by atoms with Gasteiger partial charge < -0.3 is 14.4 Å². The summed E-state index contributed by atoms with van der Waals surface area (Å²) < 4.78 is 54.6. The zero-order valence-electron chi connectivity index (χ0n) is 23.2. The van der Waals surface area contributed by atoms with Crippen molar-refractivity contribution >= 4 is 40.5 Å². The fourth-order valence-corrected chi connectivity index (χ4v) is 5.37. The highest BCUT2D eigenvalue weighted by atomic mass is 35.5. The van der Waals surface area contributed by atoms with Gasteiger partial charge in [-0.05, 0) is 42.2 Å². The second-order valence-corrected chi connectivity index (χ2v) is 11.1. The Labute approximate surface area is 259 Å². The second kappa shape index (κ2) is 13.7. The molecule has 0 atom stereocenters. The average molecular weight is 651 g/mol.